The molecule has 6 nitrogen and oxygen atoms in total. The Bertz CT molecular complexity index is 1130. The first-order valence-electron chi connectivity index (χ1n) is 8.54. The van der Waals surface area contributed by atoms with E-state index in [0.717, 1.165) is 21.3 Å². The normalized spacial score (nSPS) is 10.6. The van der Waals surface area contributed by atoms with E-state index in [2.05, 4.69) is 33.7 Å². The first-order valence-corrected chi connectivity index (χ1v) is 9.36. The smallest absolute Gasteiger partial charge is 0.265 e. The summed E-state index contributed by atoms with van der Waals surface area (Å²) in [6.45, 7) is 0. The molecule has 0 radical (unpaired) electrons. The Kier molecular flexibility index (Phi) is 4.90. The molecule has 4 rings (SSSR count). The number of rotatable bonds is 5. The Balaban J connectivity index is 1.61. The van der Waals surface area contributed by atoms with Crippen molar-refractivity contribution in [1.29, 1.82) is 0 Å². The van der Waals surface area contributed by atoms with Crippen LogP contribution in [0.3, 0.4) is 0 Å². The van der Waals surface area contributed by atoms with Gasteiger partial charge in [-0.25, -0.2) is 0 Å². The number of carbonyl (C=O) groups is 1. The SMILES string of the molecule is COc1cccc(OC)c1C(=O)Nc1nnc(-c2ccc3ccccc3c2)s1. The molecule has 0 aliphatic rings. The van der Waals surface area contributed by atoms with Crippen LogP contribution in [0.4, 0.5) is 5.13 Å². The fourth-order valence-corrected chi connectivity index (χ4v) is 3.68. The molecular weight excluding hydrogens is 374 g/mol. The maximum absolute atomic E-state index is 12.8. The lowest BCUT2D eigenvalue weighted by molar-refractivity contribution is 0.102. The lowest BCUT2D eigenvalue weighted by Crippen LogP contribution is -2.14. The largest absolute Gasteiger partial charge is 0.496 e. The second-order valence-electron chi connectivity index (χ2n) is 5.97. The van der Waals surface area contributed by atoms with E-state index in [-0.39, 0.29) is 5.91 Å². The van der Waals surface area contributed by atoms with Crippen molar-refractivity contribution in [2.75, 3.05) is 19.5 Å². The molecule has 0 atom stereocenters. The van der Waals surface area contributed by atoms with Gasteiger partial charge >= 0.3 is 0 Å². The van der Waals surface area contributed by atoms with Crippen LogP contribution in [0, 0.1) is 0 Å². The van der Waals surface area contributed by atoms with E-state index in [1.807, 2.05) is 24.3 Å². The summed E-state index contributed by atoms with van der Waals surface area (Å²) < 4.78 is 10.6. The number of methoxy groups -OCH3 is 2. The average Bonchev–Trinajstić information content (AvgIpc) is 3.21. The van der Waals surface area contributed by atoms with Crippen molar-refractivity contribution < 1.29 is 14.3 Å². The summed E-state index contributed by atoms with van der Waals surface area (Å²) in [5.74, 6) is 0.489. The molecule has 1 amide bonds. The van der Waals surface area contributed by atoms with E-state index < -0.39 is 0 Å². The van der Waals surface area contributed by atoms with Crippen molar-refractivity contribution in [3.63, 3.8) is 0 Å². The minimum Gasteiger partial charge on any atom is -0.496 e. The van der Waals surface area contributed by atoms with Crippen LogP contribution in [0.1, 0.15) is 10.4 Å². The molecule has 3 aromatic carbocycles. The van der Waals surface area contributed by atoms with Crippen molar-refractivity contribution in [2.45, 2.75) is 0 Å². The van der Waals surface area contributed by atoms with Gasteiger partial charge in [0.15, 0.2) is 0 Å². The molecule has 28 heavy (non-hydrogen) atoms. The summed E-state index contributed by atoms with van der Waals surface area (Å²) in [6.07, 6.45) is 0. The molecular formula is C21H17N3O3S. The number of nitrogens with one attached hydrogen (secondary N) is 1. The molecule has 0 bridgehead atoms. The van der Waals surface area contributed by atoms with E-state index in [1.165, 1.54) is 25.6 Å². The predicted molar refractivity (Wildman–Crippen MR) is 110 cm³/mol. The number of amides is 1. The maximum atomic E-state index is 12.8. The zero-order valence-electron chi connectivity index (χ0n) is 15.3. The molecule has 0 unspecified atom stereocenters. The molecule has 7 heteroatoms. The van der Waals surface area contributed by atoms with E-state index in [0.29, 0.717) is 22.2 Å². The Morgan fingerprint density at radius 1 is 0.893 bits per heavy atom. The molecule has 0 aliphatic carbocycles. The molecule has 140 valence electrons. The molecule has 0 saturated carbocycles. The van der Waals surface area contributed by atoms with Gasteiger partial charge in [0.25, 0.3) is 5.91 Å². The number of anilines is 1. The third kappa shape index (κ3) is 3.39. The number of carbonyl (C=O) groups excluding carboxylic acids is 1. The highest BCUT2D eigenvalue weighted by Crippen LogP contribution is 2.32. The zero-order valence-corrected chi connectivity index (χ0v) is 16.1. The second-order valence-corrected chi connectivity index (χ2v) is 6.94. The van der Waals surface area contributed by atoms with Crippen LogP contribution in [-0.4, -0.2) is 30.3 Å². The van der Waals surface area contributed by atoms with Crippen molar-refractivity contribution in [2.24, 2.45) is 0 Å². The van der Waals surface area contributed by atoms with Gasteiger partial charge in [-0.15, -0.1) is 10.2 Å². The van der Waals surface area contributed by atoms with E-state index in [1.54, 1.807) is 18.2 Å². The Labute approximate surface area is 165 Å². The van der Waals surface area contributed by atoms with E-state index in [4.69, 9.17) is 9.47 Å². The number of hydrogen-bond donors (Lipinski definition) is 1. The summed E-state index contributed by atoms with van der Waals surface area (Å²) in [5, 5.41) is 14.5. The van der Waals surface area contributed by atoms with Crippen LogP contribution in [0.25, 0.3) is 21.3 Å². The van der Waals surface area contributed by atoms with Crippen LogP contribution in [0.5, 0.6) is 11.5 Å². The summed E-state index contributed by atoms with van der Waals surface area (Å²) >= 11 is 1.31. The maximum Gasteiger partial charge on any atom is 0.265 e. The third-order valence-electron chi connectivity index (χ3n) is 4.30. The predicted octanol–water partition coefficient (Wildman–Crippen LogP) is 4.63. The molecule has 1 N–H and O–H groups in total. The van der Waals surface area contributed by atoms with Gasteiger partial charge in [-0.1, -0.05) is 53.8 Å². The van der Waals surface area contributed by atoms with Crippen molar-refractivity contribution in [3.8, 4) is 22.1 Å². The van der Waals surface area contributed by atoms with Gasteiger partial charge in [0.1, 0.15) is 22.1 Å². The molecule has 1 heterocycles. The summed E-state index contributed by atoms with van der Waals surface area (Å²) in [7, 11) is 3.02. The minimum absolute atomic E-state index is 0.315. The molecule has 0 aliphatic heterocycles. The van der Waals surface area contributed by atoms with Crippen LogP contribution >= 0.6 is 11.3 Å². The van der Waals surface area contributed by atoms with Crippen molar-refractivity contribution in [1.82, 2.24) is 10.2 Å². The minimum atomic E-state index is -0.365. The fraction of sp³-hybridized carbons (Fsp3) is 0.0952. The van der Waals surface area contributed by atoms with Crippen molar-refractivity contribution >= 4 is 33.1 Å². The molecule has 1 aromatic heterocycles. The van der Waals surface area contributed by atoms with Gasteiger partial charge in [-0.3, -0.25) is 10.1 Å². The number of fused-ring (bicyclic) bond motifs is 1. The van der Waals surface area contributed by atoms with Gasteiger partial charge in [0.05, 0.1) is 14.2 Å². The lowest BCUT2D eigenvalue weighted by Gasteiger charge is -2.11. The monoisotopic (exact) mass is 391 g/mol. The summed E-state index contributed by atoms with van der Waals surface area (Å²) in [4.78, 5) is 12.8. The quantitative estimate of drug-likeness (QED) is 0.537. The highest BCUT2D eigenvalue weighted by Gasteiger charge is 2.20. The van der Waals surface area contributed by atoms with E-state index >= 15 is 0 Å². The fourth-order valence-electron chi connectivity index (χ4n) is 2.95. The third-order valence-corrected chi connectivity index (χ3v) is 5.18. The molecule has 0 fully saturated rings. The van der Waals surface area contributed by atoms with Crippen LogP contribution in [0.15, 0.2) is 60.7 Å². The Morgan fingerprint density at radius 2 is 1.61 bits per heavy atom. The van der Waals surface area contributed by atoms with Crippen LogP contribution in [-0.2, 0) is 0 Å². The van der Waals surface area contributed by atoms with E-state index in [9.17, 15) is 4.79 Å². The summed E-state index contributed by atoms with van der Waals surface area (Å²) in [5.41, 5.74) is 1.27. The lowest BCUT2D eigenvalue weighted by atomic mass is 10.1. The van der Waals surface area contributed by atoms with Crippen molar-refractivity contribution in [3.05, 3.63) is 66.2 Å². The van der Waals surface area contributed by atoms with Gasteiger partial charge in [0.2, 0.25) is 5.13 Å². The average molecular weight is 391 g/mol. The van der Waals surface area contributed by atoms with Crippen LogP contribution in [0.2, 0.25) is 0 Å². The number of ether oxygens (including phenoxy) is 2. The Morgan fingerprint density at radius 3 is 2.32 bits per heavy atom. The number of hydrogen-bond acceptors (Lipinski definition) is 6. The second kappa shape index (κ2) is 7.66. The van der Waals surface area contributed by atoms with Gasteiger partial charge in [0, 0.05) is 5.56 Å². The zero-order chi connectivity index (χ0) is 19.5. The van der Waals surface area contributed by atoms with Crippen LogP contribution < -0.4 is 14.8 Å². The highest BCUT2D eigenvalue weighted by molar-refractivity contribution is 7.18. The Hall–Kier alpha value is -3.45. The standard InChI is InChI=1S/C21H17N3O3S/c1-26-16-8-5-9-17(27-2)18(16)19(25)22-21-24-23-20(28-21)15-11-10-13-6-3-4-7-14(13)12-15/h3-12H,1-2H3,(H,22,24,25). The van der Waals surface area contributed by atoms with Gasteiger partial charge < -0.3 is 9.47 Å². The first-order chi connectivity index (χ1) is 13.7. The topological polar surface area (TPSA) is 73.3 Å². The highest BCUT2D eigenvalue weighted by atomic mass is 32.1. The molecule has 0 spiro atoms. The molecule has 4 aromatic rings. The summed E-state index contributed by atoms with van der Waals surface area (Å²) in [6, 6.07) is 19.4. The van der Waals surface area contributed by atoms with Gasteiger partial charge in [-0.2, -0.15) is 0 Å². The molecule has 0 saturated heterocycles. The first kappa shape index (κ1) is 17.9. The number of aromatic nitrogens is 2. The van der Waals surface area contributed by atoms with Gasteiger partial charge in [-0.05, 0) is 29.0 Å². The number of benzene rings is 3. The number of nitrogens with zero attached hydrogens (tertiary/aromatic N) is 2.